The van der Waals surface area contributed by atoms with Gasteiger partial charge in [-0.05, 0) is 34.1 Å². The van der Waals surface area contributed by atoms with Crippen molar-refractivity contribution >= 4 is 45.1 Å². The Kier molecular flexibility index (Phi) is 4.51. The van der Waals surface area contributed by atoms with Gasteiger partial charge in [0.15, 0.2) is 11.6 Å². The summed E-state index contributed by atoms with van der Waals surface area (Å²) in [5, 5.41) is 4.61. The smallest absolute Gasteiger partial charge is 0.306 e. The van der Waals surface area contributed by atoms with Crippen LogP contribution in [0.2, 0.25) is 5.02 Å². The monoisotopic (exact) mass is 361 g/mol. The highest BCUT2D eigenvalue weighted by molar-refractivity contribution is 9.10. The first-order valence-electron chi connectivity index (χ1n) is 5.30. The van der Waals surface area contributed by atoms with E-state index in [2.05, 4.69) is 31.5 Å². The van der Waals surface area contributed by atoms with Crippen LogP contribution in [0.4, 0.5) is 25.1 Å². The van der Waals surface area contributed by atoms with Crippen molar-refractivity contribution in [3.63, 3.8) is 0 Å². The van der Waals surface area contributed by atoms with Crippen LogP contribution >= 0.6 is 27.5 Å². The number of halogens is 4. The molecule has 2 N–H and O–H groups in total. The molecule has 8 heteroatoms. The molecule has 0 unspecified atom stereocenters. The van der Waals surface area contributed by atoms with Gasteiger partial charge in [0.1, 0.15) is 5.82 Å². The average molecular weight is 363 g/mol. The molecule has 0 radical (unpaired) electrons. The Bertz CT molecular complexity index is 652. The molecule has 2 rings (SSSR count). The van der Waals surface area contributed by atoms with Crippen molar-refractivity contribution in [3.8, 4) is 0 Å². The van der Waals surface area contributed by atoms with E-state index in [1.807, 2.05) is 0 Å². The van der Waals surface area contributed by atoms with Crippen molar-refractivity contribution in [2.24, 2.45) is 0 Å². The summed E-state index contributed by atoms with van der Waals surface area (Å²) in [6.07, 6.45) is 1.50. The van der Waals surface area contributed by atoms with Crippen molar-refractivity contribution in [2.45, 2.75) is 0 Å². The molecule has 0 bridgehead atoms. The number of rotatable bonds is 2. The molecule has 0 fully saturated rings. The first kappa shape index (κ1) is 14.7. The third kappa shape index (κ3) is 3.64. The Balaban J connectivity index is 2.08. The van der Waals surface area contributed by atoms with E-state index in [0.717, 1.165) is 16.6 Å². The lowest BCUT2D eigenvalue weighted by molar-refractivity contribution is 0.262. The summed E-state index contributed by atoms with van der Waals surface area (Å²) in [6.45, 7) is 0. The van der Waals surface area contributed by atoms with E-state index < -0.39 is 17.7 Å². The predicted octanol–water partition coefficient (Wildman–Crippen LogP) is 4.42. The van der Waals surface area contributed by atoms with Crippen LogP contribution in [-0.4, -0.2) is 11.0 Å². The van der Waals surface area contributed by atoms with Crippen LogP contribution in [0.3, 0.4) is 0 Å². The molecule has 1 heterocycles. The molecule has 1 aromatic heterocycles. The summed E-state index contributed by atoms with van der Waals surface area (Å²) >= 11 is 8.90. The molecule has 0 spiro atoms. The van der Waals surface area contributed by atoms with Gasteiger partial charge in [-0.1, -0.05) is 11.6 Å². The lowest BCUT2D eigenvalue weighted by Crippen LogP contribution is -2.20. The topological polar surface area (TPSA) is 54.0 Å². The number of urea groups is 1. The predicted molar refractivity (Wildman–Crippen MR) is 75.9 cm³/mol. The van der Waals surface area contributed by atoms with Gasteiger partial charge in [0.2, 0.25) is 0 Å². The van der Waals surface area contributed by atoms with E-state index in [4.69, 9.17) is 11.6 Å². The molecule has 4 nitrogen and oxygen atoms in total. The van der Waals surface area contributed by atoms with Gasteiger partial charge in [-0.2, -0.15) is 0 Å². The van der Waals surface area contributed by atoms with Crippen LogP contribution in [0.15, 0.2) is 34.9 Å². The molecule has 1 aromatic carbocycles. The lowest BCUT2D eigenvalue weighted by atomic mass is 10.3. The van der Waals surface area contributed by atoms with Gasteiger partial charge in [-0.15, -0.1) is 0 Å². The summed E-state index contributed by atoms with van der Waals surface area (Å²) in [5.74, 6) is -1.90. The van der Waals surface area contributed by atoms with E-state index in [1.54, 1.807) is 12.1 Å². The number of aromatic nitrogens is 1. The first-order chi connectivity index (χ1) is 9.45. The van der Waals surface area contributed by atoms with Crippen molar-refractivity contribution < 1.29 is 13.6 Å². The van der Waals surface area contributed by atoms with Gasteiger partial charge in [0, 0.05) is 16.7 Å². The van der Waals surface area contributed by atoms with Crippen molar-refractivity contribution in [2.75, 3.05) is 10.6 Å². The second-order valence-electron chi connectivity index (χ2n) is 3.69. The Morgan fingerprint density at radius 3 is 2.55 bits per heavy atom. The summed E-state index contributed by atoms with van der Waals surface area (Å²) in [4.78, 5) is 15.6. The minimum Gasteiger partial charge on any atom is -0.306 e. The molecular weight excluding hydrogens is 356 g/mol. The van der Waals surface area contributed by atoms with Crippen molar-refractivity contribution in [1.29, 1.82) is 0 Å². The second kappa shape index (κ2) is 6.15. The number of carbonyl (C=O) groups excluding carboxylic acids is 1. The molecule has 2 aromatic rings. The SMILES string of the molecule is O=C(Nc1ccc(Br)cn1)Nc1cc(F)c(F)cc1Cl. The normalized spacial score (nSPS) is 10.2. The van der Waals surface area contributed by atoms with E-state index >= 15 is 0 Å². The van der Waals surface area contributed by atoms with Crippen LogP contribution in [0.5, 0.6) is 0 Å². The third-order valence-electron chi connectivity index (χ3n) is 2.23. The number of nitrogens with one attached hydrogen (secondary N) is 2. The number of benzene rings is 1. The zero-order valence-electron chi connectivity index (χ0n) is 9.75. The number of carbonyl (C=O) groups is 1. The fourth-order valence-electron chi connectivity index (χ4n) is 1.34. The van der Waals surface area contributed by atoms with Crippen LogP contribution < -0.4 is 10.6 Å². The Hall–Kier alpha value is -1.73. The molecule has 0 saturated heterocycles. The van der Waals surface area contributed by atoms with Gasteiger partial charge in [0.05, 0.1) is 10.7 Å². The first-order valence-corrected chi connectivity index (χ1v) is 6.47. The Morgan fingerprint density at radius 1 is 1.20 bits per heavy atom. The fraction of sp³-hybridized carbons (Fsp3) is 0. The summed E-state index contributed by atoms with van der Waals surface area (Å²) in [7, 11) is 0. The second-order valence-corrected chi connectivity index (χ2v) is 5.01. The largest absolute Gasteiger partial charge is 0.324 e. The number of nitrogens with zero attached hydrogens (tertiary/aromatic N) is 1. The molecule has 2 amide bonds. The maximum Gasteiger partial charge on any atom is 0.324 e. The molecular formula is C12H7BrClF2N3O. The Labute approximate surface area is 126 Å². The summed E-state index contributed by atoms with van der Waals surface area (Å²) in [6, 6.07) is 4.16. The van der Waals surface area contributed by atoms with Gasteiger partial charge >= 0.3 is 6.03 Å². The zero-order valence-corrected chi connectivity index (χ0v) is 12.1. The standard InChI is InChI=1S/C12H7BrClF2N3O/c13-6-1-2-11(17-5-6)19-12(20)18-10-4-9(16)8(15)3-7(10)14/h1-5H,(H2,17,18,19,20). The van der Waals surface area contributed by atoms with Crippen LogP contribution in [0.25, 0.3) is 0 Å². The molecule has 0 aliphatic carbocycles. The zero-order chi connectivity index (χ0) is 14.7. The minimum atomic E-state index is -1.11. The van der Waals surface area contributed by atoms with E-state index in [-0.39, 0.29) is 10.7 Å². The average Bonchev–Trinajstić information content (AvgIpc) is 2.39. The summed E-state index contributed by atoms with van der Waals surface area (Å²) < 4.78 is 26.7. The third-order valence-corrected chi connectivity index (χ3v) is 3.01. The molecule has 0 aliphatic heterocycles. The van der Waals surface area contributed by atoms with Crippen LogP contribution in [-0.2, 0) is 0 Å². The lowest BCUT2D eigenvalue weighted by Gasteiger charge is -2.09. The minimum absolute atomic E-state index is 0.0415. The van der Waals surface area contributed by atoms with E-state index in [9.17, 15) is 13.6 Å². The number of hydrogen-bond donors (Lipinski definition) is 2. The number of anilines is 2. The Morgan fingerprint density at radius 2 is 1.90 bits per heavy atom. The highest BCUT2D eigenvalue weighted by Crippen LogP contribution is 2.24. The molecule has 0 atom stereocenters. The highest BCUT2D eigenvalue weighted by Gasteiger charge is 2.11. The number of amides is 2. The van der Waals surface area contributed by atoms with Gasteiger partial charge in [0.25, 0.3) is 0 Å². The fourth-order valence-corrected chi connectivity index (χ4v) is 1.77. The maximum atomic E-state index is 13.1. The maximum absolute atomic E-state index is 13.1. The highest BCUT2D eigenvalue weighted by atomic mass is 79.9. The number of hydrogen-bond acceptors (Lipinski definition) is 2. The van der Waals surface area contributed by atoms with Crippen LogP contribution in [0.1, 0.15) is 0 Å². The molecule has 0 saturated carbocycles. The van der Waals surface area contributed by atoms with Gasteiger partial charge in [-0.3, -0.25) is 5.32 Å². The van der Waals surface area contributed by atoms with E-state index in [0.29, 0.717) is 5.82 Å². The molecule has 104 valence electrons. The van der Waals surface area contributed by atoms with Gasteiger partial charge in [-0.25, -0.2) is 18.6 Å². The van der Waals surface area contributed by atoms with E-state index in [1.165, 1.54) is 6.20 Å². The van der Waals surface area contributed by atoms with Crippen molar-refractivity contribution in [3.05, 3.63) is 51.6 Å². The summed E-state index contributed by atoms with van der Waals surface area (Å²) in [5.41, 5.74) is -0.0415. The molecule has 20 heavy (non-hydrogen) atoms. The van der Waals surface area contributed by atoms with Crippen molar-refractivity contribution in [1.82, 2.24) is 4.98 Å². The number of pyridine rings is 1. The van der Waals surface area contributed by atoms with Gasteiger partial charge < -0.3 is 5.32 Å². The van der Waals surface area contributed by atoms with Crippen LogP contribution in [0, 0.1) is 11.6 Å². The molecule has 0 aliphatic rings. The quantitative estimate of drug-likeness (QED) is 0.777.